The maximum atomic E-state index is 12.9. The highest BCUT2D eigenvalue weighted by Crippen LogP contribution is 2.32. The monoisotopic (exact) mass is 317 g/mol. The number of carbonyl (C=O) groups excluding carboxylic acids is 1. The van der Waals surface area contributed by atoms with Crippen LogP contribution in [-0.2, 0) is 4.79 Å². The summed E-state index contributed by atoms with van der Waals surface area (Å²) in [6.45, 7) is 2.62. The number of fused-ring (bicyclic) bond motifs is 1. The van der Waals surface area contributed by atoms with Crippen LogP contribution in [-0.4, -0.2) is 25.2 Å². The topological polar surface area (TPSA) is 56.8 Å². The molecular weight excluding hydrogens is 301 g/mol. The molecule has 0 saturated heterocycles. The summed E-state index contributed by atoms with van der Waals surface area (Å²) in [5, 5.41) is 2.75. The minimum Gasteiger partial charge on any atom is -0.486 e. The van der Waals surface area contributed by atoms with Crippen molar-refractivity contribution in [2.45, 2.75) is 13.0 Å². The zero-order valence-electron chi connectivity index (χ0n) is 12.5. The summed E-state index contributed by atoms with van der Waals surface area (Å²) in [4.78, 5) is 12.2. The standard InChI is InChI=1S/C17H16FNO4/c1-11(23-14-5-2-12(18)3-6-14)17(20)19-13-4-7-15-16(10-13)22-9-8-21-15/h2-7,10-11H,8-9H2,1H3,(H,19,20)/t11-/m1/s1. The van der Waals surface area contributed by atoms with Crippen molar-refractivity contribution >= 4 is 11.6 Å². The normalized spacial score (nSPS) is 14.0. The average molecular weight is 317 g/mol. The molecule has 23 heavy (non-hydrogen) atoms. The van der Waals surface area contributed by atoms with Crippen molar-refractivity contribution in [2.24, 2.45) is 0 Å². The van der Waals surface area contributed by atoms with Crippen molar-refractivity contribution in [3.8, 4) is 17.2 Å². The molecule has 6 heteroatoms. The van der Waals surface area contributed by atoms with E-state index in [4.69, 9.17) is 14.2 Å². The summed E-state index contributed by atoms with van der Waals surface area (Å²) in [6, 6.07) is 10.7. The van der Waals surface area contributed by atoms with Crippen LogP contribution in [0.2, 0.25) is 0 Å². The van der Waals surface area contributed by atoms with Gasteiger partial charge in [0.05, 0.1) is 0 Å². The molecule has 120 valence electrons. The van der Waals surface area contributed by atoms with Crippen molar-refractivity contribution in [2.75, 3.05) is 18.5 Å². The Kier molecular flexibility index (Phi) is 4.32. The minimum atomic E-state index is -0.728. The number of benzene rings is 2. The minimum absolute atomic E-state index is 0.314. The second kappa shape index (κ2) is 6.56. The number of ether oxygens (including phenoxy) is 3. The smallest absolute Gasteiger partial charge is 0.265 e. The Labute approximate surface area is 133 Å². The fourth-order valence-corrected chi connectivity index (χ4v) is 2.14. The lowest BCUT2D eigenvalue weighted by Crippen LogP contribution is -2.30. The molecule has 0 fully saturated rings. The van der Waals surface area contributed by atoms with E-state index >= 15 is 0 Å². The lowest BCUT2D eigenvalue weighted by molar-refractivity contribution is -0.122. The van der Waals surface area contributed by atoms with Crippen molar-refractivity contribution in [3.63, 3.8) is 0 Å². The van der Waals surface area contributed by atoms with Crippen LogP contribution in [0.15, 0.2) is 42.5 Å². The van der Waals surface area contributed by atoms with E-state index in [1.807, 2.05) is 0 Å². The second-order valence-corrected chi connectivity index (χ2v) is 5.06. The van der Waals surface area contributed by atoms with E-state index in [2.05, 4.69) is 5.32 Å². The zero-order chi connectivity index (χ0) is 16.2. The van der Waals surface area contributed by atoms with E-state index in [1.165, 1.54) is 24.3 Å². The number of amides is 1. The molecule has 0 saturated carbocycles. The van der Waals surface area contributed by atoms with Gasteiger partial charge in [-0.05, 0) is 43.3 Å². The molecule has 1 aliphatic heterocycles. The third-order valence-electron chi connectivity index (χ3n) is 3.31. The van der Waals surface area contributed by atoms with Gasteiger partial charge in [-0.3, -0.25) is 4.79 Å². The van der Waals surface area contributed by atoms with E-state index in [1.54, 1.807) is 25.1 Å². The van der Waals surface area contributed by atoms with Gasteiger partial charge in [0.15, 0.2) is 17.6 Å². The lowest BCUT2D eigenvalue weighted by atomic mass is 10.2. The van der Waals surface area contributed by atoms with Gasteiger partial charge in [0.1, 0.15) is 24.8 Å². The first-order valence-electron chi connectivity index (χ1n) is 7.24. The van der Waals surface area contributed by atoms with Crippen LogP contribution in [0, 0.1) is 5.82 Å². The lowest BCUT2D eigenvalue weighted by Gasteiger charge is -2.19. The fraction of sp³-hybridized carbons (Fsp3) is 0.235. The molecule has 3 rings (SSSR count). The van der Waals surface area contributed by atoms with Gasteiger partial charge in [-0.15, -0.1) is 0 Å². The van der Waals surface area contributed by atoms with Crippen molar-refractivity contribution in [3.05, 3.63) is 48.3 Å². The molecule has 1 amide bonds. The summed E-state index contributed by atoms with van der Waals surface area (Å²) in [7, 11) is 0. The zero-order valence-corrected chi connectivity index (χ0v) is 12.5. The number of anilines is 1. The summed E-state index contributed by atoms with van der Waals surface area (Å²) in [5.41, 5.74) is 0.591. The van der Waals surface area contributed by atoms with Crippen molar-refractivity contribution < 1.29 is 23.4 Å². The molecule has 0 spiro atoms. The first kappa shape index (κ1) is 15.1. The van der Waals surface area contributed by atoms with Crippen LogP contribution in [0.1, 0.15) is 6.92 Å². The predicted octanol–water partition coefficient (Wildman–Crippen LogP) is 3.00. The number of hydrogen-bond acceptors (Lipinski definition) is 4. The van der Waals surface area contributed by atoms with E-state index in [-0.39, 0.29) is 11.7 Å². The Bertz CT molecular complexity index is 702. The SMILES string of the molecule is C[C@@H](Oc1ccc(F)cc1)C(=O)Nc1ccc2c(c1)OCCO2. The van der Waals surface area contributed by atoms with Gasteiger partial charge in [-0.1, -0.05) is 0 Å². The summed E-state index contributed by atoms with van der Waals surface area (Å²) in [5.74, 6) is 1.01. The Morgan fingerprint density at radius 3 is 2.57 bits per heavy atom. The Balaban J connectivity index is 1.63. The number of rotatable bonds is 4. The molecule has 0 radical (unpaired) electrons. The quantitative estimate of drug-likeness (QED) is 0.942. The molecule has 1 atom stereocenters. The first-order chi connectivity index (χ1) is 11.1. The molecule has 5 nitrogen and oxygen atoms in total. The Morgan fingerprint density at radius 2 is 1.83 bits per heavy atom. The third-order valence-corrected chi connectivity index (χ3v) is 3.31. The van der Waals surface area contributed by atoms with Crippen LogP contribution in [0.4, 0.5) is 10.1 Å². The van der Waals surface area contributed by atoms with Crippen LogP contribution in [0.25, 0.3) is 0 Å². The molecule has 0 aromatic heterocycles. The van der Waals surface area contributed by atoms with Gasteiger partial charge in [0.25, 0.3) is 5.91 Å². The first-order valence-corrected chi connectivity index (χ1v) is 7.24. The van der Waals surface area contributed by atoms with E-state index in [9.17, 15) is 9.18 Å². The number of nitrogens with one attached hydrogen (secondary N) is 1. The van der Waals surface area contributed by atoms with Gasteiger partial charge in [0, 0.05) is 11.8 Å². The van der Waals surface area contributed by atoms with E-state index in [0.717, 1.165) is 0 Å². The van der Waals surface area contributed by atoms with Gasteiger partial charge in [0.2, 0.25) is 0 Å². The molecule has 1 aliphatic rings. The summed E-state index contributed by atoms with van der Waals surface area (Å²) < 4.78 is 29.2. The van der Waals surface area contributed by atoms with Crippen molar-refractivity contribution in [1.82, 2.24) is 0 Å². The number of carbonyl (C=O) groups is 1. The molecular formula is C17H16FNO4. The maximum absolute atomic E-state index is 12.9. The number of hydrogen-bond donors (Lipinski definition) is 1. The predicted molar refractivity (Wildman–Crippen MR) is 82.6 cm³/mol. The third kappa shape index (κ3) is 3.71. The highest BCUT2D eigenvalue weighted by molar-refractivity contribution is 5.94. The molecule has 0 aliphatic carbocycles. The van der Waals surface area contributed by atoms with Crippen LogP contribution >= 0.6 is 0 Å². The Morgan fingerprint density at radius 1 is 1.13 bits per heavy atom. The van der Waals surface area contributed by atoms with Gasteiger partial charge in [-0.25, -0.2) is 4.39 Å². The molecule has 0 unspecified atom stereocenters. The fourth-order valence-electron chi connectivity index (χ4n) is 2.14. The van der Waals surface area contributed by atoms with Crippen molar-refractivity contribution in [1.29, 1.82) is 0 Å². The van der Waals surface area contributed by atoms with Gasteiger partial charge < -0.3 is 19.5 Å². The second-order valence-electron chi connectivity index (χ2n) is 5.06. The Hall–Kier alpha value is -2.76. The van der Waals surface area contributed by atoms with Gasteiger partial charge >= 0.3 is 0 Å². The molecule has 0 bridgehead atoms. The molecule has 2 aromatic carbocycles. The number of halogens is 1. The summed E-state index contributed by atoms with van der Waals surface area (Å²) in [6.07, 6.45) is -0.728. The molecule has 2 aromatic rings. The van der Waals surface area contributed by atoms with E-state index < -0.39 is 6.10 Å². The highest BCUT2D eigenvalue weighted by Gasteiger charge is 2.17. The molecule has 1 N–H and O–H groups in total. The molecule has 1 heterocycles. The van der Waals surface area contributed by atoms with Gasteiger partial charge in [-0.2, -0.15) is 0 Å². The largest absolute Gasteiger partial charge is 0.486 e. The van der Waals surface area contributed by atoms with Crippen LogP contribution in [0.3, 0.4) is 0 Å². The highest BCUT2D eigenvalue weighted by atomic mass is 19.1. The van der Waals surface area contributed by atoms with Crippen LogP contribution < -0.4 is 19.5 Å². The average Bonchev–Trinajstić information content (AvgIpc) is 2.56. The van der Waals surface area contributed by atoms with Crippen LogP contribution in [0.5, 0.6) is 17.2 Å². The van der Waals surface area contributed by atoms with E-state index in [0.29, 0.717) is 36.1 Å². The summed E-state index contributed by atoms with van der Waals surface area (Å²) >= 11 is 0. The maximum Gasteiger partial charge on any atom is 0.265 e.